The Hall–Kier alpha value is -3.26. The van der Waals surface area contributed by atoms with Gasteiger partial charge in [0.1, 0.15) is 5.75 Å². The molecule has 1 heterocycles. The van der Waals surface area contributed by atoms with Crippen LogP contribution in [0.1, 0.15) is 25.5 Å². The molecule has 152 valence electrons. The molecule has 7 nitrogen and oxygen atoms in total. The van der Waals surface area contributed by atoms with Crippen LogP contribution in [-0.4, -0.2) is 29.8 Å². The molecule has 0 saturated heterocycles. The fourth-order valence-electron chi connectivity index (χ4n) is 3.13. The molecule has 0 radical (unpaired) electrons. The zero-order valence-corrected chi connectivity index (χ0v) is 17.2. The van der Waals surface area contributed by atoms with Gasteiger partial charge >= 0.3 is 0 Å². The Morgan fingerprint density at radius 3 is 2.79 bits per heavy atom. The topological polar surface area (TPSA) is 91.9 Å². The van der Waals surface area contributed by atoms with Gasteiger partial charge in [-0.25, -0.2) is 0 Å². The molecule has 0 spiro atoms. The third kappa shape index (κ3) is 4.60. The highest BCUT2D eigenvalue weighted by atomic mass is 32.1. The molecule has 0 aliphatic carbocycles. The first kappa shape index (κ1) is 20.5. The maximum Gasteiger partial charge on any atom is 0.255 e. The monoisotopic (exact) mass is 413 g/mol. The quantitative estimate of drug-likeness (QED) is 0.541. The second-order valence-electron chi connectivity index (χ2n) is 6.42. The van der Waals surface area contributed by atoms with Crippen LogP contribution in [0.3, 0.4) is 0 Å². The number of benzene rings is 2. The maximum atomic E-state index is 13.1. The third-order valence-electron chi connectivity index (χ3n) is 4.46. The van der Waals surface area contributed by atoms with Gasteiger partial charge in [0, 0.05) is 17.5 Å². The second kappa shape index (κ2) is 8.83. The van der Waals surface area contributed by atoms with Crippen molar-refractivity contribution in [2.45, 2.75) is 19.9 Å². The number of methoxy groups -OCH3 is 1. The predicted octanol–water partition coefficient (Wildman–Crippen LogP) is 3.23. The Bertz CT molecular complexity index is 974. The normalized spacial score (nSPS) is 16.0. The number of phenols is 1. The third-order valence-corrected chi connectivity index (χ3v) is 4.68. The zero-order chi connectivity index (χ0) is 21.0. The summed E-state index contributed by atoms with van der Waals surface area (Å²) >= 11 is 5.29. The molecule has 8 heteroatoms. The molecule has 4 N–H and O–H groups in total. The van der Waals surface area contributed by atoms with E-state index in [2.05, 4.69) is 16.0 Å². The van der Waals surface area contributed by atoms with Gasteiger partial charge in [-0.1, -0.05) is 12.1 Å². The molecule has 1 unspecified atom stereocenters. The van der Waals surface area contributed by atoms with Gasteiger partial charge in [0.05, 0.1) is 25.3 Å². The molecule has 0 fully saturated rings. The van der Waals surface area contributed by atoms with Gasteiger partial charge in [0.2, 0.25) is 0 Å². The fraction of sp³-hybridized carbons (Fsp3) is 0.238. The minimum Gasteiger partial charge on any atom is -0.504 e. The molecule has 2 aromatic rings. The molecule has 0 aromatic heterocycles. The summed E-state index contributed by atoms with van der Waals surface area (Å²) in [5.41, 5.74) is 2.48. The van der Waals surface area contributed by atoms with Crippen molar-refractivity contribution in [3.63, 3.8) is 0 Å². The summed E-state index contributed by atoms with van der Waals surface area (Å²) < 4.78 is 10.7. The van der Waals surface area contributed by atoms with Crippen LogP contribution in [0.25, 0.3) is 0 Å². The minimum absolute atomic E-state index is 0.0372. The van der Waals surface area contributed by atoms with Crippen LogP contribution >= 0.6 is 12.2 Å². The van der Waals surface area contributed by atoms with E-state index in [4.69, 9.17) is 21.7 Å². The number of hydrogen-bond donors (Lipinski definition) is 4. The van der Waals surface area contributed by atoms with Crippen molar-refractivity contribution in [3.8, 4) is 17.2 Å². The minimum atomic E-state index is -0.505. The molecular weight excluding hydrogens is 390 g/mol. The van der Waals surface area contributed by atoms with E-state index in [9.17, 15) is 9.90 Å². The highest BCUT2D eigenvalue weighted by Crippen LogP contribution is 2.34. The molecule has 1 aliphatic rings. The molecule has 1 atom stereocenters. The summed E-state index contributed by atoms with van der Waals surface area (Å²) in [7, 11) is 1.57. The number of allylic oxidation sites excluding steroid dienone is 1. The highest BCUT2D eigenvalue weighted by molar-refractivity contribution is 7.80. The van der Waals surface area contributed by atoms with Gasteiger partial charge in [-0.3, -0.25) is 4.79 Å². The lowest BCUT2D eigenvalue weighted by molar-refractivity contribution is -0.113. The van der Waals surface area contributed by atoms with Crippen molar-refractivity contribution < 1.29 is 19.4 Å². The average molecular weight is 413 g/mol. The standard InChI is InChI=1S/C21H23N3O4S/c1-4-28-17-10-13(8-9-16(17)25)19-18(12(2)22-21(29)24-19)20(26)23-14-6-5-7-15(11-14)27-3/h5-11,19,25H,4H2,1-3H3,(H,23,26)(H2,22,24,29). The highest BCUT2D eigenvalue weighted by Gasteiger charge is 2.30. The van der Waals surface area contributed by atoms with Crippen LogP contribution in [-0.2, 0) is 4.79 Å². The Kier molecular flexibility index (Phi) is 6.23. The van der Waals surface area contributed by atoms with Crippen molar-refractivity contribution >= 4 is 28.9 Å². The van der Waals surface area contributed by atoms with Crippen LogP contribution in [0.2, 0.25) is 0 Å². The number of rotatable bonds is 6. The van der Waals surface area contributed by atoms with Crippen LogP contribution < -0.4 is 25.4 Å². The molecule has 1 amide bonds. The van der Waals surface area contributed by atoms with E-state index in [1.54, 1.807) is 56.5 Å². The van der Waals surface area contributed by atoms with Gasteiger partial charge in [-0.15, -0.1) is 0 Å². The number of anilines is 1. The van der Waals surface area contributed by atoms with Crippen molar-refractivity contribution in [2.75, 3.05) is 19.0 Å². The van der Waals surface area contributed by atoms with Gasteiger partial charge in [-0.2, -0.15) is 0 Å². The van der Waals surface area contributed by atoms with Crippen molar-refractivity contribution in [3.05, 3.63) is 59.3 Å². The Morgan fingerprint density at radius 2 is 2.07 bits per heavy atom. The Balaban J connectivity index is 1.95. The number of thiocarbonyl (C=S) groups is 1. The number of amides is 1. The summed E-state index contributed by atoms with van der Waals surface area (Å²) in [6, 6.07) is 11.6. The lowest BCUT2D eigenvalue weighted by Gasteiger charge is -2.30. The molecule has 1 aliphatic heterocycles. The predicted molar refractivity (Wildman–Crippen MR) is 115 cm³/mol. The van der Waals surface area contributed by atoms with Crippen molar-refractivity contribution in [1.29, 1.82) is 0 Å². The largest absolute Gasteiger partial charge is 0.504 e. The number of carbonyl (C=O) groups is 1. The molecule has 0 bridgehead atoms. The summed E-state index contributed by atoms with van der Waals surface area (Å²) in [6.45, 7) is 4.04. The lowest BCUT2D eigenvalue weighted by Crippen LogP contribution is -2.45. The van der Waals surface area contributed by atoms with Gasteiger partial charge in [0.15, 0.2) is 16.6 Å². The first-order valence-electron chi connectivity index (χ1n) is 9.12. The summed E-state index contributed by atoms with van der Waals surface area (Å²) in [5, 5.41) is 19.5. The molecule has 2 aromatic carbocycles. The van der Waals surface area contributed by atoms with Crippen molar-refractivity contribution in [1.82, 2.24) is 10.6 Å². The van der Waals surface area contributed by atoms with E-state index >= 15 is 0 Å². The lowest BCUT2D eigenvalue weighted by atomic mass is 9.94. The molecular formula is C21H23N3O4S. The fourth-order valence-corrected chi connectivity index (χ4v) is 3.40. The smallest absolute Gasteiger partial charge is 0.255 e. The van der Waals surface area contributed by atoms with E-state index in [-0.39, 0.29) is 11.7 Å². The van der Waals surface area contributed by atoms with Gasteiger partial charge < -0.3 is 30.5 Å². The number of phenolic OH excluding ortho intramolecular Hbond substituents is 1. The molecule has 3 rings (SSSR count). The second-order valence-corrected chi connectivity index (χ2v) is 6.82. The van der Waals surface area contributed by atoms with Crippen LogP contribution in [0.15, 0.2) is 53.7 Å². The van der Waals surface area contributed by atoms with Gasteiger partial charge in [-0.05, 0) is 55.9 Å². The Labute approximate surface area is 174 Å². The zero-order valence-electron chi connectivity index (χ0n) is 16.4. The van der Waals surface area contributed by atoms with E-state index in [0.717, 1.165) is 5.56 Å². The first-order valence-corrected chi connectivity index (χ1v) is 9.53. The number of carbonyl (C=O) groups excluding carboxylic acids is 1. The average Bonchev–Trinajstić information content (AvgIpc) is 2.69. The summed E-state index contributed by atoms with van der Waals surface area (Å²) in [4.78, 5) is 13.1. The van der Waals surface area contributed by atoms with Crippen LogP contribution in [0.4, 0.5) is 5.69 Å². The van der Waals surface area contributed by atoms with E-state index < -0.39 is 6.04 Å². The SMILES string of the molecule is CCOc1cc(C2NC(=S)NC(C)=C2C(=O)Nc2cccc(OC)c2)ccc1O. The van der Waals surface area contributed by atoms with Gasteiger partial charge in [0.25, 0.3) is 5.91 Å². The molecule has 29 heavy (non-hydrogen) atoms. The summed E-state index contributed by atoms with van der Waals surface area (Å²) in [6.07, 6.45) is 0. The number of ether oxygens (including phenoxy) is 2. The van der Waals surface area contributed by atoms with E-state index in [1.165, 1.54) is 0 Å². The Morgan fingerprint density at radius 1 is 1.28 bits per heavy atom. The van der Waals surface area contributed by atoms with E-state index in [1.807, 2.05) is 6.92 Å². The van der Waals surface area contributed by atoms with Crippen LogP contribution in [0, 0.1) is 0 Å². The number of hydrogen-bond acceptors (Lipinski definition) is 5. The van der Waals surface area contributed by atoms with Crippen molar-refractivity contribution in [2.24, 2.45) is 0 Å². The summed E-state index contributed by atoms with van der Waals surface area (Å²) in [5.74, 6) is 0.747. The van der Waals surface area contributed by atoms with E-state index in [0.29, 0.717) is 40.2 Å². The number of aromatic hydroxyl groups is 1. The molecule has 0 saturated carbocycles. The first-order chi connectivity index (χ1) is 13.9. The van der Waals surface area contributed by atoms with Crippen LogP contribution in [0.5, 0.6) is 17.2 Å². The maximum absolute atomic E-state index is 13.1. The number of nitrogens with one attached hydrogen (secondary N) is 3.